The van der Waals surface area contributed by atoms with Crippen LogP contribution in [-0.2, 0) is 29.1 Å². The van der Waals surface area contributed by atoms with Gasteiger partial charge in [-0.1, -0.05) is 50.6 Å². The Morgan fingerprint density at radius 3 is 2.49 bits per heavy atom. The number of amides is 4. The molecule has 0 radical (unpaired) electrons. The SMILES string of the molecule is CCC(C)N(C(=O)O)[C@@H]1C(=O)N2[C@@H](C[C@@](C)(Oc3nc(OCCOC)cc4c(Cl)cccc34)C2(F)F)C(=O)N[C@]2(C(=O)NS(=O)(=O)C3(C)CC3)C[C@H]2/C=C\CC[C@@H](C)C[C@H]1C. The number of rotatable bonds is 12. The van der Waals surface area contributed by atoms with Gasteiger partial charge < -0.3 is 24.6 Å². The third-order valence-electron chi connectivity index (χ3n) is 12.9. The lowest BCUT2D eigenvalue weighted by Gasteiger charge is -2.42. The molecular formula is C42H56ClF2N5O10S. The highest BCUT2D eigenvalue weighted by molar-refractivity contribution is 7.91. The standard InChI is InChI=1S/C42H56ClF2N5O10S/c1-8-26(4)49(38(54)55)33-25(3)20-24(2)12-9-10-13-27-22-41(27,37(53)48-61(56,57)39(5)16-17-39)47-34(51)31-23-40(6,42(44,45)50(31)36(33)52)60-35-28-14-11-15-30(43)29(28)21-32(46-35)59-19-18-58-7/h10-11,13-15,21,24-27,31,33H,8-9,12,16-20,22-23H2,1-7H3,(H,47,51)(H,48,53)(H,54,55)/b13-10-/t24-,25-,26?,27-,31+,33+,40-,41-/m1/s1. The number of ether oxygens (including phenoxy) is 3. The summed E-state index contributed by atoms with van der Waals surface area (Å²) in [5.74, 6) is -5.54. The summed E-state index contributed by atoms with van der Waals surface area (Å²) in [6, 6.07) is -2.67. The second-order valence-corrected chi connectivity index (χ2v) is 20.2. The van der Waals surface area contributed by atoms with E-state index < -0.39 is 92.2 Å². The van der Waals surface area contributed by atoms with Crippen LogP contribution in [0.1, 0.15) is 92.9 Å². The van der Waals surface area contributed by atoms with Gasteiger partial charge in [0.25, 0.3) is 11.8 Å². The molecule has 2 aromatic rings. The lowest BCUT2D eigenvalue weighted by molar-refractivity contribution is -0.219. The highest BCUT2D eigenvalue weighted by atomic mass is 35.5. The molecule has 1 unspecified atom stereocenters. The van der Waals surface area contributed by atoms with Crippen LogP contribution in [0.2, 0.25) is 5.02 Å². The number of halogens is 3. The van der Waals surface area contributed by atoms with E-state index in [4.69, 9.17) is 25.8 Å². The van der Waals surface area contributed by atoms with Crippen LogP contribution in [0.4, 0.5) is 13.6 Å². The Kier molecular flexibility index (Phi) is 13.0. The zero-order chi connectivity index (χ0) is 44.9. The van der Waals surface area contributed by atoms with Gasteiger partial charge in [-0.15, -0.1) is 0 Å². The first kappa shape index (κ1) is 46.2. The minimum absolute atomic E-state index is 0.0364. The maximum absolute atomic E-state index is 17.8. The molecule has 2 aliphatic heterocycles. The highest BCUT2D eigenvalue weighted by Crippen LogP contribution is 2.52. The van der Waals surface area contributed by atoms with Gasteiger partial charge in [-0.3, -0.25) is 28.9 Å². The van der Waals surface area contributed by atoms with Crippen molar-refractivity contribution in [1.29, 1.82) is 0 Å². The molecule has 2 saturated carbocycles. The number of nitrogens with zero attached hydrogens (tertiary/aromatic N) is 3. The van der Waals surface area contributed by atoms with Crippen molar-refractivity contribution in [3.63, 3.8) is 0 Å². The molecule has 4 aliphatic rings. The summed E-state index contributed by atoms with van der Waals surface area (Å²) in [6.07, 6.45) is 3.37. The minimum Gasteiger partial charge on any atom is -0.475 e. The fourth-order valence-electron chi connectivity index (χ4n) is 8.57. The Hall–Kier alpha value is -4.29. The van der Waals surface area contributed by atoms with Gasteiger partial charge in [0, 0.05) is 47.4 Å². The van der Waals surface area contributed by atoms with E-state index in [-0.39, 0.29) is 65.5 Å². The van der Waals surface area contributed by atoms with Crippen molar-refractivity contribution in [2.24, 2.45) is 17.8 Å². The minimum atomic E-state index is -4.34. The van der Waals surface area contributed by atoms with E-state index in [1.54, 1.807) is 45.0 Å². The van der Waals surface area contributed by atoms with Crippen molar-refractivity contribution in [3.05, 3.63) is 41.4 Å². The van der Waals surface area contributed by atoms with Crippen molar-refractivity contribution in [3.8, 4) is 11.8 Å². The molecule has 2 aliphatic carbocycles. The zero-order valence-electron chi connectivity index (χ0n) is 35.5. The van der Waals surface area contributed by atoms with E-state index in [9.17, 15) is 27.9 Å². The predicted octanol–water partition coefficient (Wildman–Crippen LogP) is 6.28. The quantitative estimate of drug-likeness (QED) is 0.123. The van der Waals surface area contributed by atoms with Crippen LogP contribution in [0.15, 0.2) is 36.4 Å². The van der Waals surface area contributed by atoms with E-state index in [0.717, 1.165) is 11.8 Å². The van der Waals surface area contributed by atoms with Crippen LogP contribution in [-0.4, -0.2) is 113 Å². The van der Waals surface area contributed by atoms with Crippen LogP contribution in [0, 0.1) is 17.8 Å². The summed E-state index contributed by atoms with van der Waals surface area (Å²) in [6.45, 7) is 9.56. The number of carbonyl (C=O) groups is 4. The lowest BCUT2D eigenvalue weighted by atomic mass is 9.86. The normalized spacial score (nSPS) is 30.7. The summed E-state index contributed by atoms with van der Waals surface area (Å²) < 4.78 is 80.2. The van der Waals surface area contributed by atoms with Gasteiger partial charge in [0.15, 0.2) is 5.60 Å². The topological polar surface area (TPSA) is 194 Å². The molecule has 1 saturated heterocycles. The number of carboxylic acid groups (broad SMARTS) is 1. The van der Waals surface area contributed by atoms with Crippen molar-refractivity contribution in [1.82, 2.24) is 24.8 Å². The molecule has 15 nitrogen and oxygen atoms in total. The number of hydrogen-bond donors (Lipinski definition) is 3. The van der Waals surface area contributed by atoms with Gasteiger partial charge in [0.2, 0.25) is 27.7 Å². The summed E-state index contributed by atoms with van der Waals surface area (Å²) >= 11 is 6.55. The van der Waals surface area contributed by atoms with Gasteiger partial charge in [0.1, 0.15) is 24.2 Å². The maximum Gasteiger partial charge on any atom is 0.408 e. The number of carbonyl (C=O) groups excluding carboxylic acids is 3. The van der Waals surface area contributed by atoms with Crippen LogP contribution >= 0.6 is 11.6 Å². The molecule has 0 bridgehead atoms. The number of aromatic nitrogens is 1. The molecule has 61 heavy (non-hydrogen) atoms. The number of fused-ring (bicyclic) bond motifs is 3. The average molecular weight is 896 g/mol. The van der Waals surface area contributed by atoms with E-state index >= 15 is 13.6 Å². The monoisotopic (exact) mass is 895 g/mol. The van der Waals surface area contributed by atoms with Crippen LogP contribution in [0.5, 0.6) is 11.8 Å². The third kappa shape index (κ3) is 8.73. The fourth-order valence-corrected chi connectivity index (χ4v) is 10.1. The van der Waals surface area contributed by atoms with Gasteiger partial charge in [-0.2, -0.15) is 13.8 Å². The van der Waals surface area contributed by atoms with Gasteiger partial charge in [-0.25, -0.2) is 13.2 Å². The maximum atomic E-state index is 17.8. The molecule has 336 valence electrons. The number of sulfonamides is 1. The number of allylic oxidation sites excluding steroid dienone is 1. The van der Waals surface area contributed by atoms with E-state index in [0.29, 0.717) is 31.1 Å². The molecule has 4 amide bonds. The smallest absolute Gasteiger partial charge is 0.408 e. The Morgan fingerprint density at radius 1 is 1.15 bits per heavy atom. The Bertz CT molecular complexity index is 2190. The first-order chi connectivity index (χ1) is 28.6. The summed E-state index contributed by atoms with van der Waals surface area (Å²) in [5.41, 5.74) is -4.59. The number of methoxy groups -OCH3 is 1. The highest BCUT2D eigenvalue weighted by Gasteiger charge is 2.71. The molecule has 3 N–H and O–H groups in total. The van der Waals surface area contributed by atoms with Gasteiger partial charge in [0.05, 0.1) is 11.4 Å². The molecule has 19 heteroatoms. The summed E-state index contributed by atoms with van der Waals surface area (Å²) in [5, 5.41) is 14.0. The van der Waals surface area contributed by atoms with E-state index in [1.165, 1.54) is 20.1 Å². The second kappa shape index (κ2) is 17.1. The fraction of sp³-hybridized carbons (Fsp3) is 0.643. The summed E-state index contributed by atoms with van der Waals surface area (Å²) in [7, 11) is -2.72. The average Bonchev–Trinajstić information content (AvgIpc) is 4.09. The molecule has 3 heterocycles. The van der Waals surface area contributed by atoms with Crippen molar-refractivity contribution < 1.29 is 55.7 Å². The lowest BCUT2D eigenvalue weighted by Crippen LogP contribution is -2.64. The predicted molar refractivity (Wildman–Crippen MR) is 222 cm³/mol. The molecule has 1 aromatic carbocycles. The van der Waals surface area contributed by atoms with Crippen LogP contribution in [0.3, 0.4) is 0 Å². The third-order valence-corrected chi connectivity index (χ3v) is 15.4. The van der Waals surface area contributed by atoms with Crippen LogP contribution in [0.25, 0.3) is 10.8 Å². The number of pyridine rings is 1. The number of alkyl halides is 2. The number of hydrogen-bond acceptors (Lipinski definition) is 10. The van der Waals surface area contributed by atoms with E-state index in [2.05, 4.69) is 15.0 Å². The van der Waals surface area contributed by atoms with Crippen molar-refractivity contribution in [2.45, 2.75) is 133 Å². The first-order valence-electron chi connectivity index (χ1n) is 20.7. The first-order valence-corrected chi connectivity index (χ1v) is 22.6. The van der Waals surface area contributed by atoms with Crippen molar-refractivity contribution in [2.75, 3.05) is 20.3 Å². The molecule has 8 atom stereocenters. The summed E-state index contributed by atoms with van der Waals surface area (Å²) in [4.78, 5) is 62.4. The Morgan fingerprint density at radius 2 is 1.85 bits per heavy atom. The van der Waals surface area contributed by atoms with E-state index in [1.807, 2.05) is 13.0 Å². The van der Waals surface area contributed by atoms with Gasteiger partial charge in [-0.05, 0) is 89.7 Å². The van der Waals surface area contributed by atoms with Gasteiger partial charge >= 0.3 is 12.1 Å². The Labute approximate surface area is 359 Å². The van der Waals surface area contributed by atoms with Crippen molar-refractivity contribution >= 4 is 56.2 Å². The number of nitrogens with one attached hydrogen (secondary N) is 2. The second-order valence-electron chi connectivity index (χ2n) is 17.6. The Balaban J connectivity index is 1.49. The zero-order valence-corrected chi connectivity index (χ0v) is 37.1. The molecular weight excluding hydrogens is 840 g/mol. The largest absolute Gasteiger partial charge is 0.475 e. The van der Waals surface area contributed by atoms with Crippen LogP contribution < -0.4 is 19.5 Å². The molecule has 6 rings (SSSR count). The molecule has 3 fully saturated rings. The molecule has 1 aromatic heterocycles. The number of benzene rings is 1. The molecule has 0 spiro atoms.